The molecule has 0 N–H and O–H groups in total. The van der Waals surface area contributed by atoms with Crippen molar-refractivity contribution < 1.29 is 9.47 Å². The number of benzene rings is 1. The number of hydrogen-bond donors (Lipinski definition) is 0. The van der Waals surface area contributed by atoms with Crippen LogP contribution in [0.2, 0.25) is 0 Å². The summed E-state index contributed by atoms with van der Waals surface area (Å²) in [7, 11) is 0. The highest BCUT2D eigenvalue weighted by molar-refractivity contribution is 5.43. The SMILES string of the molecule is c1cnc(CN(Cc2ccc3c(c2)OCCO3)C2CCCC2)nc1. The predicted molar refractivity (Wildman–Crippen MR) is 91.0 cm³/mol. The van der Waals surface area contributed by atoms with E-state index < -0.39 is 0 Å². The first-order valence-corrected chi connectivity index (χ1v) is 8.77. The smallest absolute Gasteiger partial charge is 0.161 e. The van der Waals surface area contributed by atoms with Crippen molar-refractivity contribution in [2.75, 3.05) is 13.2 Å². The molecule has 1 saturated carbocycles. The second-order valence-electron chi connectivity index (χ2n) is 6.49. The lowest BCUT2D eigenvalue weighted by Crippen LogP contribution is -2.33. The van der Waals surface area contributed by atoms with Crippen molar-refractivity contribution in [2.45, 2.75) is 44.8 Å². The Morgan fingerprint density at radius 1 is 0.958 bits per heavy atom. The van der Waals surface area contributed by atoms with Crippen LogP contribution in [-0.2, 0) is 13.1 Å². The van der Waals surface area contributed by atoms with Gasteiger partial charge >= 0.3 is 0 Å². The quantitative estimate of drug-likeness (QED) is 0.845. The topological polar surface area (TPSA) is 47.5 Å². The van der Waals surface area contributed by atoms with E-state index in [0.717, 1.165) is 30.4 Å². The van der Waals surface area contributed by atoms with Gasteiger partial charge in [-0.25, -0.2) is 9.97 Å². The fourth-order valence-corrected chi connectivity index (χ4v) is 3.60. The Kier molecular flexibility index (Phi) is 4.60. The van der Waals surface area contributed by atoms with E-state index in [1.807, 2.05) is 24.5 Å². The molecular weight excluding hydrogens is 302 g/mol. The number of hydrogen-bond acceptors (Lipinski definition) is 5. The van der Waals surface area contributed by atoms with Gasteiger partial charge in [-0.3, -0.25) is 4.90 Å². The highest BCUT2D eigenvalue weighted by Crippen LogP contribution is 2.32. The summed E-state index contributed by atoms with van der Waals surface area (Å²) in [6.07, 6.45) is 8.79. The molecule has 1 fully saturated rings. The zero-order valence-electron chi connectivity index (χ0n) is 13.9. The monoisotopic (exact) mass is 325 g/mol. The van der Waals surface area contributed by atoms with Crippen LogP contribution in [0.25, 0.3) is 0 Å². The van der Waals surface area contributed by atoms with Gasteiger partial charge in [0.1, 0.15) is 19.0 Å². The van der Waals surface area contributed by atoms with Crippen molar-refractivity contribution in [3.63, 3.8) is 0 Å². The van der Waals surface area contributed by atoms with Gasteiger partial charge in [0.25, 0.3) is 0 Å². The second kappa shape index (κ2) is 7.18. The van der Waals surface area contributed by atoms with Gasteiger partial charge in [-0.05, 0) is 36.6 Å². The molecule has 0 atom stereocenters. The lowest BCUT2D eigenvalue weighted by atomic mass is 10.1. The van der Waals surface area contributed by atoms with E-state index >= 15 is 0 Å². The first-order chi connectivity index (χ1) is 11.9. The van der Waals surface area contributed by atoms with Crippen molar-refractivity contribution in [3.8, 4) is 11.5 Å². The molecule has 0 bridgehead atoms. The molecule has 1 aromatic carbocycles. The van der Waals surface area contributed by atoms with E-state index in [4.69, 9.17) is 9.47 Å². The number of fused-ring (bicyclic) bond motifs is 1. The number of rotatable bonds is 5. The van der Waals surface area contributed by atoms with Gasteiger partial charge in [-0.1, -0.05) is 18.9 Å². The van der Waals surface area contributed by atoms with Crippen LogP contribution in [0.5, 0.6) is 11.5 Å². The van der Waals surface area contributed by atoms with E-state index in [1.165, 1.54) is 31.2 Å². The molecule has 1 aromatic heterocycles. The van der Waals surface area contributed by atoms with Gasteiger partial charge in [-0.15, -0.1) is 0 Å². The Labute approximate surface area is 142 Å². The molecule has 0 spiro atoms. The summed E-state index contributed by atoms with van der Waals surface area (Å²) < 4.78 is 11.3. The second-order valence-corrected chi connectivity index (χ2v) is 6.49. The van der Waals surface area contributed by atoms with Crippen LogP contribution in [0.15, 0.2) is 36.7 Å². The molecule has 0 radical (unpaired) electrons. The Hall–Kier alpha value is -2.14. The van der Waals surface area contributed by atoms with Crippen LogP contribution >= 0.6 is 0 Å². The fraction of sp³-hybridized carbons (Fsp3) is 0.474. The fourth-order valence-electron chi connectivity index (χ4n) is 3.60. The molecule has 5 heteroatoms. The molecule has 1 aliphatic carbocycles. The van der Waals surface area contributed by atoms with E-state index in [0.29, 0.717) is 19.3 Å². The van der Waals surface area contributed by atoms with Crippen LogP contribution in [0.3, 0.4) is 0 Å². The van der Waals surface area contributed by atoms with E-state index in [1.54, 1.807) is 0 Å². The molecule has 126 valence electrons. The highest BCUT2D eigenvalue weighted by atomic mass is 16.6. The van der Waals surface area contributed by atoms with Crippen molar-refractivity contribution in [2.24, 2.45) is 0 Å². The number of aromatic nitrogens is 2. The molecule has 5 nitrogen and oxygen atoms in total. The van der Waals surface area contributed by atoms with Crippen molar-refractivity contribution >= 4 is 0 Å². The van der Waals surface area contributed by atoms with Crippen LogP contribution in [0.4, 0.5) is 0 Å². The standard InChI is InChI=1S/C19H23N3O2/c1-2-5-16(4-1)22(14-19-20-8-3-9-21-19)13-15-6-7-17-18(12-15)24-11-10-23-17/h3,6-9,12,16H,1-2,4-5,10-11,13-14H2. The maximum absolute atomic E-state index is 5.72. The Bertz CT molecular complexity index is 672. The minimum Gasteiger partial charge on any atom is -0.486 e. The van der Waals surface area contributed by atoms with Gasteiger partial charge in [0.2, 0.25) is 0 Å². The largest absolute Gasteiger partial charge is 0.486 e. The van der Waals surface area contributed by atoms with Crippen LogP contribution in [0, 0.1) is 0 Å². The third-order valence-corrected chi connectivity index (χ3v) is 4.80. The number of nitrogens with zero attached hydrogens (tertiary/aromatic N) is 3. The molecule has 0 saturated heterocycles. The molecule has 0 unspecified atom stereocenters. The average Bonchev–Trinajstić information content (AvgIpc) is 3.17. The summed E-state index contributed by atoms with van der Waals surface area (Å²) in [6.45, 7) is 2.94. The minimum atomic E-state index is 0.613. The average molecular weight is 325 g/mol. The van der Waals surface area contributed by atoms with E-state index in [9.17, 15) is 0 Å². The Balaban J connectivity index is 1.52. The van der Waals surface area contributed by atoms with Gasteiger partial charge in [0, 0.05) is 25.0 Å². The third-order valence-electron chi connectivity index (χ3n) is 4.80. The minimum absolute atomic E-state index is 0.613. The molecule has 2 heterocycles. The van der Waals surface area contributed by atoms with Crippen LogP contribution in [-0.4, -0.2) is 34.1 Å². The summed E-state index contributed by atoms with van der Waals surface area (Å²) in [5, 5.41) is 0. The lowest BCUT2D eigenvalue weighted by molar-refractivity contribution is 0.166. The van der Waals surface area contributed by atoms with Gasteiger partial charge in [0.15, 0.2) is 11.5 Å². The highest BCUT2D eigenvalue weighted by Gasteiger charge is 2.24. The molecular formula is C19H23N3O2. The van der Waals surface area contributed by atoms with Crippen molar-refractivity contribution in [3.05, 3.63) is 48.0 Å². The zero-order chi connectivity index (χ0) is 16.2. The van der Waals surface area contributed by atoms with Gasteiger partial charge in [-0.2, -0.15) is 0 Å². The summed E-state index contributed by atoms with van der Waals surface area (Å²) in [4.78, 5) is 11.3. The summed E-state index contributed by atoms with van der Waals surface area (Å²) in [5.74, 6) is 2.60. The normalized spacial score (nSPS) is 17.4. The zero-order valence-corrected chi connectivity index (χ0v) is 13.9. The number of ether oxygens (including phenoxy) is 2. The first-order valence-electron chi connectivity index (χ1n) is 8.77. The van der Waals surface area contributed by atoms with Crippen LogP contribution < -0.4 is 9.47 Å². The van der Waals surface area contributed by atoms with Crippen LogP contribution in [0.1, 0.15) is 37.1 Å². The lowest BCUT2D eigenvalue weighted by Gasteiger charge is -2.28. The Morgan fingerprint density at radius 2 is 1.71 bits per heavy atom. The summed E-state index contributed by atoms with van der Waals surface area (Å²) >= 11 is 0. The summed E-state index contributed by atoms with van der Waals surface area (Å²) in [6, 6.07) is 8.76. The van der Waals surface area contributed by atoms with E-state index in [-0.39, 0.29) is 0 Å². The maximum Gasteiger partial charge on any atom is 0.161 e. The molecule has 2 aromatic rings. The van der Waals surface area contributed by atoms with Crippen molar-refractivity contribution in [1.29, 1.82) is 0 Å². The predicted octanol–water partition coefficient (Wildman–Crippen LogP) is 3.19. The molecule has 2 aliphatic rings. The van der Waals surface area contributed by atoms with Gasteiger partial charge in [0.05, 0.1) is 6.54 Å². The molecule has 1 aliphatic heterocycles. The first kappa shape index (κ1) is 15.4. The van der Waals surface area contributed by atoms with Gasteiger partial charge < -0.3 is 9.47 Å². The molecule has 4 rings (SSSR count). The Morgan fingerprint density at radius 3 is 2.50 bits per heavy atom. The summed E-state index contributed by atoms with van der Waals surface area (Å²) in [5.41, 5.74) is 1.25. The molecule has 0 amide bonds. The maximum atomic E-state index is 5.72. The third kappa shape index (κ3) is 3.51. The molecule has 24 heavy (non-hydrogen) atoms. The van der Waals surface area contributed by atoms with Crippen molar-refractivity contribution in [1.82, 2.24) is 14.9 Å². The van der Waals surface area contributed by atoms with E-state index in [2.05, 4.69) is 27.0 Å².